The van der Waals surface area contributed by atoms with Gasteiger partial charge < -0.3 is 24.4 Å². The van der Waals surface area contributed by atoms with Gasteiger partial charge >= 0.3 is 0 Å². The minimum Gasteiger partial charge on any atom is -0.493 e. The summed E-state index contributed by atoms with van der Waals surface area (Å²) in [7, 11) is 1.64. The van der Waals surface area contributed by atoms with E-state index in [4.69, 9.17) is 25.8 Å². The van der Waals surface area contributed by atoms with E-state index in [1.807, 2.05) is 19.1 Å². The number of halogens is 1. The van der Waals surface area contributed by atoms with Crippen molar-refractivity contribution >= 4 is 11.6 Å². The fourth-order valence-corrected chi connectivity index (χ4v) is 2.95. The second-order valence-corrected chi connectivity index (χ2v) is 5.84. The van der Waals surface area contributed by atoms with Gasteiger partial charge in [0.1, 0.15) is 32.7 Å². The Morgan fingerprint density at radius 3 is 2.77 bits per heavy atom. The highest BCUT2D eigenvalue weighted by atomic mass is 35.5. The second kappa shape index (κ2) is 9.20. The molecule has 1 aromatic rings. The molecule has 0 amide bonds. The molecule has 5 nitrogen and oxygen atoms in total. The van der Waals surface area contributed by atoms with Crippen LogP contribution in [0.25, 0.3) is 0 Å². The normalized spacial score (nSPS) is 15.8. The Morgan fingerprint density at radius 2 is 2.09 bits per heavy atom. The first-order valence-electron chi connectivity index (χ1n) is 7.96. The van der Waals surface area contributed by atoms with E-state index in [9.17, 15) is 0 Å². The molecule has 22 heavy (non-hydrogen) atoms. The summed E-state index contributed by atoms with van der Waals surface area (Å²) in [5, 5.41) is 2.93. The summed E-state index contributed by atoms with van der Waals surface area (Å²) in [5.41, 5.74) is 1.15. The van der Waals surface area contributed by atoms with Gasteiger partial charge in [0.25, 0.3) is 0 Å². The Hall–Kier alpha value is -1.01. The van der Waals surface area contributed by atoms with E-state index in [0.29, 0.717) is 23.1 Å². The molecule has 1 aromatic carbocycles. The molecule has 1 heterocycles. The fraction of sp³-hybridized carbons (Fsp3) is 0.625. The van der Waals surface area contributed by atoms with Gasteiger partial charge in [-0.3, -0.25) is 0 Å². The molecule has 3 N–H and O–H groups in total. The molecule has 1 fully saturated rings. The molecule has 0 spiro atoms. The van der Waals surface area contributed by atoms with Crippen molar-refractivity contribution in [3.8, 4) is 11.5 Å². The first-order chi connectivity index (χ1) is 10.7. The Kier molecular flexibility index (Phi) is 7.25. The van der Waals surface area contributed by atoms with Crippen LogP contribution in [-0.2, 0) is 11.3 Å². The van der Waals surface area contributed by atoms with Crippen LogP contribution in [0.1, 0.15) is 12.5 Å². The van der Waals surface area contributed by atoms with Gasteiger partial charge in [0, 0.05) is 5.56 Å². The molecule has 6 heteroatoms. The molecule has 0 atom stereocenters. The Labute approximate surface area is 137 Å². The molecule has 0 saturated carbocycles. The third-order valence-electron chi connectivity index (χ3n) is 3.86. The summed E-state index contributed by atoms with van der Waals surface area (Å²) in [4.78, 5) is 1.63. The zero-order chi connectivity index (χ0) is 15.8. The van der Waals surface area contributed by atoms with Gasteiger partial charge in [0.15, 0.2) is 11.5 Å². The number of benzene rings is 1. The maximum absolute atomic E-state index is 6.29. The quantitative estimate of drug-likeness (QED) is 0.645. The number of quaternary nitrogens is 2. The minimum atomic E-state index is 0.573. The number of hydrogen-bond donors (Lipinski definition) is 2. The van der Waals surface area contributed by atoms with Gasteiger partial charge in [-0.15, -0.1) is 0 Å². The predicted octanol–water partition coefficient (Wildman–Crippen LogP) is -0.274. The minimum absolute atomic E-state index is 0.573. The van der Waals surface area contributed by atoms with Gasteiger partial charge in [0.05, 0.1) is 32.0 Å². The molecular weight excluding hydrogens is 304 g/mol. The number of methoxy groups -OCH3 is 1. The van der Waals surface area contributed by atoms with Crippen LogP contribution in [0.2, 0.25) is 5.02 Å². The summed E-state index contributed by atoms with van der Waals surface area (Å²) in [5.74, 6) is 1.34. The first-order valence-corrected chi connectivity index (χ1v) is 8.34. The molecule has 1 aliphatic heterocycles. The number of rotatable bonds is 8. The van der Waals surface area contributed by atoms with Crippen LogP contribution in [0.15, 0.2) is 12.1 Å². The third-order valence-corrected chi connectivity index (χ3v) is 4.14. The van der Waals surface area contributed by atoms with Crippen LogP contribution in [0.3, 0.4) is 0 Å². The molecule has 1 saturated heterocycles. The van der Waals surface area contributed by atoms with Crippen LogP contribution < -0.4 is 19.7 Å². The van der Waals surface area contributed by atoms with Gasteiger partial charge in [-0.25, -0.2) is 0 Å². The smallest absolute Gasteiger partial charge is 0.179 e. The van der Waals surface area contributed by atoms with Gasteiger partial charge in [-0.1, -0.05) is 11.6 Å². The number of morpholine rings is 1. The summed E-state index contributed by atoms with van der Waals surface area (Å²) in [6.45, 7) is 9.70. The number of nitrogens with one attached hydrogen (secondary N) is 1. The molecule has 2 rings (SSSR count). The van der Waals surface area contributed by atoms with Gasteiger partial charge in [0.2, 0.25) is 0 Å². The van der Waals surface area contributed by atoms with Crippen molar-refractivity contribution in [2.75, 3.05) is 53.1 Å². The van der Waals surface area contributed by atoms with E-state index in [-0.39, 0.29) is 0 Å². The van der Waals surface area contributed by atoms with Gasteiger partial charge in [-0.05, 0) is 19.1 Å². The van der Waals surface area contributed by atoms with Crippen molar-refractivity contribution in [1.29, 1.82) is 0 Å². The van der Waals surface area contributed by atoms with Crippen molar-refractivity contribution in [1.82, 2.24) is 0 Å². The van der Waals surface area contributed by atoms with E-state index in [1.54, 1.807) is 12.0 Å². The number of ether oxygens (including phenoxy) is 3. The highest BCUT2D eigenvalue weighted by Crippen LogP contribution is 2.36. The standard InChI is InChI=1S/C16H25ClN2O3/c1-3-22-16-14(17)10-13(11-15(16)20-2)12-18-4-5-19-6-8-21-9-7-19/h10-11,18H,3-9,12H2,1-2H3/p+2. The lowest BCUT2D eigenvalue weighted by Gasteiger charge is -2.22. The SMILES string of the molecule is CCOc1c(Cl)cc(C[NH2+]CC[NH+]2CCOCC2)cc1OC. The van der Waals surface area contributed by atoms with E-state index in [2.05, 4.69) is 5.32 Å². The van der Waals surface area contributed by atoms with Crippen LogP contribution in [0, 0.1) is 0 Å². The Balaban J connectivity index is 1.83. The van der Waals surface area contributed by atoms with E-state index in [0.717, 1.165) is 45.0 Å². The zero-order valence-corrected chi connectivity index (χ0v) is 14.2. The van der Waals surface area contributed by atoms with Crippen LogP contribution in [-0.4, -0.2) is 53.1 Å². The Bertz CT molecular complexity index is 465. The lowest BCUT2D eigenvalue weighted by Crippen LogP contribution is -3.16. The predicted molar refractivity (Wildman–Crippen MR) is 86.1 cm³/mol. The highest BCUT2D eigenvalue weighted by Gasteiger charge is 2.15. The summed E-state index contributed by atoms with van der Waals surface area (Å²) in [6.07, 6.45) is 0. The maximum atomic E-state index is 6.29. The molecule has 0 aromatic heterocycles. The average Bonchev–Trinajstić information content (AvgIpc) is 2.55. The van der Waals surface area contributed by atoms with E-state index >= 15 is 0 Å². The lowest BCUT2D eigenvalue weighted by atomic mass is 10.2. The number of hydrogen-bond acceptors (Lipinski definition) is 3. The molecule has 0 bridgehead atoms. The molecular formula is C16H27ClN2O3+2. The third kappa shape index (κ3) is 5.02. The summed E-state index contributed by atoms with van der Waals surface area (Å²) in [6, 6.07) is 3.97. The molecule has 0 unspecified atom stereocenters. The number of nitrogens with two attached hydrogens (primary N) is 1. The van der Waals surface area contributed by atoms with Crippen molar-refractivity contribution < 1.29 is 24.4 Å². The monoisotopic (exact) mass is 330 g/mol. The van der Waals surface area contributed by atoms with Gasteiger partial charge in [-0.2, -0.15) is 0 Å². The van der Waals surface area contributed by atoms with Crippen molar-refractivity contribution in [2.24, 2.45) is 0 Å². The van der Waals surface area contributed by atoms with Crippen LogP contribution in [0.5, 0.6) is 11.5 Å². The molecule has 1 aliphatic rings. The van der Waals surface area contributed by atoms with Crippen molar-refractivity contribution in [3.63, 3.8) is 0 Å². The van der Waals surface area contributed by atoms with Crippen molar-refractivity contribution in [2.45, 2.75) is 13.5 Å². The van der Waals surface area contributed by atoms with Crippen molar-refractivity contribution in [3.05, 3.63) is 22.7 Å². The highest BCUT2D eigenvalue weighted by molar-refractivity contribution is 6.32. The average molecular weight is 331 g/mol. The van der Waals surface area contributed by atoms with Crippen LogP contribution in [0.4, 0.5) is 0 Å². The molecule has 124 valence electrons. The maximum Gasteiger partial charge on any atom is 0.179 e. The summed E-state index contributed by atoms with van der Waals surface area (Å²) >= 11 is 6.29. The Morgan fingerprint density at radius 1 is 1.32 bits per heavy atom. The summed E-state index contributed by atoms with van der Waals surface area (Å²) < 4.78 is 16.3. The van der Waals surface area contributed by atoms with Crippen LogP contribution >= 0.6 is 11.6 Å². The lowest BCUT2D eigenvalue weighted by molar-refractivity contribution is -0.920. The fourth-order valence-electron chi connectivity index (χ4n) is 2.66. The second-order valence-electron chi connectivity index (χ2n) is 5.44. The topological polar surface area (TPSA) is 48.7 Å². The molecule has 0 aliphatic carbocycles. The largest absolute Gasteiger partial charge is 0.493 e. The zero-order valence-electron chi connectivity index (χ0n) is 13.5. The van der Waals surface area contributed by atoms with E-state index < -0.39 is 0 Å². The molecule has 0 radical (unpaired) electrons. The van der Waals surface area contributed by atoms with E-state index in [1.165, 1.54) is 6.54 Å². The first kappa shape index (κ1) is 17.3.